The summed E-state index contributed by atoms with van der Waals surface area (Å²) in [4.78, 5) is 19.6. The summed E-state index contributed by atoms with van der Waals surface area (Å²) in [5, 5.41) is 5.23. The maximum Gasteiger partial charge on any atom is 0.410 e. The Kier molecular flexibility index (Phi) is 5.88. The Bertz CT molecular complexity index is 875. The summed E-state index contributed by atoms with van der Waals surface area (Å²) >= 11 is 0. The smallest absolute Gasteiger partial charge is 0.410 e. The lowest BCUT2D eigenvalue weighted by Crippen LogP contribution is -2.69. The molecule has 4 fully saturated rings. The molecule has 1 spiro atoms. The Balaban J connectivity index is 1.28. The second-order valence-corrected chi connectivity index (χ2v) is 11.6. The van der Waals surface area contributed by atoms with Crippen molar-refractivity contribution in [1.29, 1.82) is 0 Å². The van der Waals surface area contributed by atoms with Crippen LogP contribution >= 0.6 is 0 Å². The van der Waals surface area contributed by atoms with E-state index in [0.29, 0.717) is 12.1 Å². The first-order valence-corrected chi connectivity index (χ1v) is 12.8. The highest BCUT2D eigenvalue weighted by Crippen LogP contribution is 2.44. The zero-order valence-corrected chi connectivity index (χ0v) is 21.1. The fourth-order valence-electron chi connectivity index (χ4n) is 5.91. The largest absolute Gasteiger partial charge is 0.444 e. The topological polar surface area (TPSA) is 63.1 Å². The van der Waals surface area contributed by atoms with Crippen molar-refractivity contribution < 1.29 is 14.3 Å². The number of aromatic nitrogens is 2. The highest BCUT2D eigenvalue weighted by atomic mass is 16.6. The third-order valence-corrected chi connectivity index (χ3v) is 8.24. The van der Waals surface area contributed by atoms with Gasteiger partial charge in [0, 0.05) is 44.0 Å². The van der Waals surface area contributed by atoms with Crippen molar-refractivity contribution >= 4 is 11.9 Å². The molecule has 0 radical (unpaired) electrons. The van der Waals surface area contributed by atoms with Gasteiger partial charge in [0.05, 0.1) is 30.8 Å². The van der Waals surface area contributed by atoms with Crippen molar-refractivity contribution in [2.75, 3.05) is 50.8 Å². The Hall–Kier alpha value is -1.80. The van der Waals surface area contributed by atoms with E-state index in [0.717, 1.165) is 58.8 Å². The van der Waals surface area contributed by atoms with Gasteiger partial charge in [-0.15, -0.1) is 0 Å². The normalized spacial score (nSPS) is 24.6. The third kappa shape index (κ3) is 4.25. The number of likely N-dealkylation sites (tertiary alicyclic amines) is 1. The van der Waals surface area contributed by atoms with Gasteiger partial charge in [-0.05, 0) is 66.7 Å². The average molecular weight is 460 g/mol. The van der Waals surface area contributed by atoms with E-state index >= 15 is 0 Å². The molecule has 8 heteroatoms. The van der Waals surface area contributed by atoms with Gasteiger partial charge in [-0.2, -0.15) is 5.10 Å². The fraction of sp³-hybridized carbons (Fsp3) is 0.840. The zero-order valence-electron chi connectivity index (χ0n) is 21.1. The lowest BCUT2D eigenvalue weighted by Gasteiger charge is -2.58. The van der Waals surface area contributed by atoms with E-state index in [1.165, 1.54) is 36.3 Å². The maximum atomic E-state index is 12.5. The minimum absolute atomic E-state index is 0.198. The van der Waals surface area contributed by atoms with Crippen LogP contribution in [0.15, 0.2) is 0 Å². The van der Waals surface area contributed by atoms with Crippen molar-refractivity contribution in [2.45, 2.75) is 89.9 Å². The van der Waals surface area contributed by atoms with Gasteiger partial charge >= 0.3 is 6.09 Å². The van der Waals surface area contributed by atoms with Crippen molar-refractivity contribution in [3.05, 3.63) is 11.3 Å². The Morgan fingerprint density at radius 1 is 1.06 bits per heavy atom. The molecule has 4 aliphatic rings. The van der Waals surface area contributed by atoms with E-state index in [-0.39, 0.29) is 11.6 Å². The Morgan fingerprint density at radius 2 is 1.76 bits per heavy atom. The summed E-state index contributed by atoms with van der Waals surface area (Å²) in [5.41, 5.74) is 2.37. The molecule has 5 rings (SSSR count). The average Bonchev–Trinajstić information content (AvgIpc) is 2.99. The lowest BCUT2D eigenvalue weighted by atomic mass is 9.73. The first-order valence-electron chi connectivity index (χ1n) is 12.8. The van der Waals surface area contributed by atoms with Crippen molar-refractivity contribution in [3.63, 3.8) is 0 Å². The summed E-state index contributed by atoms with van der Waals surface area (Å²) in [6.07, 6.45) is 5.47. The highest BCUT2D eigenvalue weighted by Gasteiger charge is 2.49. The number of hydrogen-bond acceptors (Lipinski definition) is 6. The van der Waals surface area contributed by atoms with Crippen molar-refractivity contribution in [3.8, 4) is 0 Å². The number of anilines is 1. The second-order valence-electron chi connectivity index (χ2n) is 11.6. The molecular formula is C25H41N5O3. The van der Waals surface area contributed by atoms with E-state index in [2.05, 4.69) is 28.3 Å². The molecular weight excluding hydrogens is 418 g/mol. The van der Waals surface area contributed by atoms with Crippen molar-refractivity contribution in [1.82, 2.24) is 19.6 Å². The minimum Gasteiger partial charge on any atom is -0.444 e. The van der Waals surface area contributed by atoms with Crippen LogP contribution in [0.5, 0.6) is 0 Å². The summed E-state index contributed by atoms with van der Waals surface area (Å²) in [7, 11) is 0. The molecule has 1 aromatic heterocycles. The molecule has 0 bridgehead atoms. The number of piperazine rings is 1. The van der Waals surface area contributed by atoms with E-state index in [1.807, 2.05) is 25.7 Å². The highest BCUT2D eigenvalue weighted by molar-refractivity contribution is 5.68. The first kappa shape index (κ1) is 23.0. The van der Waals surface area contributed by atoms with Crippen LogP contribution < -0.4 is 4.90 Å². The Labute approximate surface area is 198 Å². The van der Waals surface area contributed by atoms with Crippen LogP contribution in [0.2, 0.25) is 0 Å². The van der Waals surface area contributed by atoms with E-state index in [9.17, 15) is 4.79 Å². The van der Waals surface area contributed by atoms with Gasteiger partial charge in [0.15, 0.2) is 5.82 Å². The summed E-state index contributed by atoms with van der Waals surface area (Å²) in [5.74, 6) is 1.19. The van der Waals surface area contributed by atoms with Gasteiger partial charge in [-0.3, -0.25) is 9.58 Å². The molecule has 4 heterocycles. The molecule has 0 unspecified atom stereocenters. The SMILES string of the molecule is Cc1c(N2CCN(C3COC3)CC23CCC3)nn(C2CCN(C(=O)OC(C)(C)C)CC2)c1C. The molecule has 33 heavy (non-hydrogen) atoms. The van der Waals surface area contributed by atoms with E-state index < -0.39 is 5.60 Å². The molecule has 8 nitrogen and oxygen atoms in total. The molecule has 184 valence electrons. The number of amides is 1. The molecule has 1 aliphatic carbocycles. The predicted molar refractivity (Wildman–Crippen MR) is 128 cm³/mol. The molecule has 1 saturated carbocycles. The first-order chi connectivity index (χ1) is 15.7. The van der Waals surface area contributed by atoms with Crippen LogP contribution in [0.1, 0.15) is 70.2 Å². The third-order valence-electron chi connectivity index (χ3n) is 8.24. The lowest BCUT2D eigenvalue weighted by molar-refractivity contribution is -0.0819. The molecule has 1 aromatic rings. The monoisotopic (exact) mass is 459 g/mol. The zero-order chi connectivity index (χ0) is 23.4. The quantitative estimate of drug-likeness (QED) is 0.689. The van der Waals surface area contributed by atoms with Gasteiger partial charge in [0.25, 0.3) is 0 Å². The number of rotatable bonds is 3. The molecule has 3 aliphatic heterocycles. The number of hydrogen-bond donors (Lipinski definition) is 0. The molecule has 0 aromatic carbocycles. The van der Waals surface area contributed by atoms with Crippen LogP contribution in [0, 0.1) is 13.8 Å². The number of piperidine rings is 1. The maximum absolute atomic E-state index is 12.5. The summed E-state index contributed by atoms with van der Waals surface area (Å²) in [6.45, 7) is 16.7. The summed E-state index contributed by atoms with van der Waals surface area (Å²) in [6, 6.07) is 0.946. The van der Waals surface area contributed by atoms with Crippen LogP contribution in [0.25, 0.3) is 0 Å². The van der Waals surface area contributed by atoms with Crippen LogP contribution in [-0.4, -0.2) is 88.8 Å². The Morgan fingerprint density at radius 3 is 2.30 bits per heavy atom. The summed E-state index contributed by atoms with van der Waals surface area (Å²) < 4.78 is 13.3. The van der Waals surface area contributed by atoms with Gasteiger partial charge in [-0.25, -0.2) is 4.79 Å². The minimum atomic E-state index is -0.453. The van der Waals surface area contributed by atoms with Crippen LogP contribution in [0.3, 0.4) is 0 Å². The predicted octanol–water partition coefficient (Wildman–Crippen LogP) is 3.52. The van der Waals surface area contributed by atoms with Gasteiger partial charge < -0.3 is 19.3 Å². The van der Waals surface area contributed by atoms with Crippen LogP contribution in [0.4, 0.5) is 10.6 Å². The molecule has 0 atom stereocenters. The van der Waals surface area contributed by atoms with Crippen molar-refractivity contribution in [2.24, 2.45) is 0 Å². The molecule has 1 amide bonds. The van der Waals surface area contributed by atoms with Gasteiger partial charge in [-0.1, -0.05) is 0 Å². The number of nitrogens with zero attached hydrogens (tertiary/aromatic N) is 5. The van der Waals surface area contributed by atoms with Gasteiger partial charge in [0.2, 0.25) is 0 Å². The number of carbonyl (C=O) groups excluding carboxylic acids is 1. The number of ether oxygens (including phenoxy) is 2. The second kappa shape index (κ2) is 8.45. The van der Waals surface area contributed by atoms with E-state index in [4.69, 9.17) is 14.6 Å². The molecule has 3 saturated heterocycles. The fourth-order valence-corrected chi connectivity index (χ4v) is 5.91. The van der Waals surface area contributed by atoms with Gasteiger partial charge in [0.1, 0.15) is 5.60 Å². The standard InChI is InChI=1S/C25H41N5O3/c1-18-19(2)30(20-7-11-27(12-8-20)23(31)33-24(3,4)5)26-22(18)29-14-13-28(21-15-32-16-21)17-25(29)9-6-10-25/h20-21H,6-17H2,1-5H3. The van der Waals surface area contributed by atoms with E-state index in [1.54, 1.807) is 0 Å². The molecule has 0 N–H and O–H groups in total. The number of carbonyl (C=O) groups is 1. The van der Waals surface area contributed by atoms with Crippen LogP contribution in [-0.2, 0) is 9.47 Å².